The van der Waals surface area contributed by atoms with E-state index in [2.05, 4.69) is 6.07 Å². The highest BCUT2D eigenvalue weighted by Gasteiger charge is 2.41. The predicted molar refractivity (Wildman–Crippen MR) is 97.4 cm³/mol. The molecule has 1 unspecified atom stereocenters. The first-order valence-corrected chi connectivity index (χ1v) is 8.71. The number of nitrogens with two attached hydrogens (primary N) is 1. The van der Waals surface area contributed by atoms with Crippen molar-refractivity contribution in [3.05, 3.63) is 56.5 Å². The van der Waals surface area contributed by atoms with Crippen LogP contribution in [0.5, 0.6) is 0 Å². The number of nitriles is 1. The summed E-state index contributed by atoms with van der Waals surface area (Å²) in [4.78, 5) is 12.8. The molecule has 1 heterocycles. The number of Topliss-reactive ketones (excluding diaryl/α,β-unsaturated/α-hetero) is 1. The molecule has 25 heavy (non-hydrogen) atoms. The van der Waals surface area contributed by atoms with Crippen molar-refractivity contribution in [1.82, 2.24) is 10.0 Å². The third-order valence-electron chi connectivity index (χ3n) is 4.58. The van der Waals surface area contributed by atoms with Gasteiger partial charge in [-0.2, -0.15) is 5.26 Å². The summed E-state index contributed by atoms with van der Waals surface area (Å²) in [6.45, 7) is 0. The van der Waals surface area contributed by atoms with Gasteiger partial charge in [0.2, 0.25) is 0 Å². The number of rotatable bonds is 2. The lowest BCUT2D eigenvalue weighted by Gasteiger charge is -2.42. The van der Waals surface area contributed by atoms with Gasteiger partial charge in [-0.25, -0.2) is 5.01 Å². The quantitative estimate of drug-likeness (QED) is 0.853. The Labute approximate surface area is 156 Å². The summed E-state index contributed by atoms with van der Waals surface area (Å²) in [7, 11) is 3.66. The van der Waals surface area contributed by atoms with E-state index in [1.807, 2.05) is 14.1 Å². The Kier molecular flexibility index (Phi) is 4.79. The van der Waals surface area contributed by atoms with Crippen LogP contribution in [0.2, 0.25) is 10.0 Å². The summed E-state index contributed by atoms with van der Waals surface area (Å²) in [5, 5.41) is 14.1. The Bertz CT molecular complexity index is 851. The average Bonchev–Trinajstić information content (AvgIpc) is 2.56. The van der Waals surface area contributed by atoms with Crippen LogP contribution in [0.15, 0.2) is 40.9 Å². The minimum Gasteiger partial charge on any atom is -0.383 e. The Balaban J connectivity index is 2.32. The molecule has 1 aliphatic heterocycles. The van der Waals surface area contributed by atoms with Crippen LogP contribution < -0.4 is 5.73 Å². The molecule has 3 rings (SSSR count). The summed E-state index contributed by atoms with van der Waals surface area (Å²) in [6, 6.07) is 7.42. The Morgan fingerprint density at radius 3 is 2.68 bits per heavy atom. The van der Waals surface area contributed by atoms with Gasteiger partial charge >= 0.3 is 0 Å². The van der Waals surface area contributed by atoms with Crippen LogP contribution in [-0.4, -0.2) is 29.9 Å². The lowest BCUT2D eigenvalue weighted by Crippen LogP contribution is -2.45. The van der Waals surface area contributed by atoms with Gasteiger partial charge in [0.15, 0.2) is 5.78 Å². The van der Waals surface area contributed by atoms with Crippen molar-refractivity contribution in [3.8, 4) is 6.07 Å². The van der Waals surface area contributed by atoms with Crippen LogP contribution in [0.25, 0.3) is 0 Å². The molecular formula is C18H18Cl2N4O. The van der Waals surface area contributed by atoms with Gasteiger partial charge in [0.05, 0.1) is 27.6 Å². The molecule has 0 bridgehead atoms. The number of carbonyl (C=O) groups excluding carboxylic acids is 1. The maximum atomic E-state index is 12.8. The SMILES string of the molecule is CN(C)N1C(N)=C(C#N)C(c2cccc(Cl)c2Cl)C2=C1CCCC2=O. The fourth-order valence-corrected chi connectivity index (χ4v) is 4.00. The molecule has 2 N–H and O–H groups in total. The smallest absolute Gasteiger partial charge is 0.161 e. The van der Waals surface area contributed by atoms with Crippen molar-refractivity contribution in [2.45, 2.75) is 25.2 Å². The standard InChI is InChI=1S/C18H18Cl2N4O/c1-23(2)24-13-7-4-8-14(25)16(13)15(11(9-21)18(24)22)10-5-3-6-12(19)17(10)20/h3,5-6,15H,4,7-8,22H2,1-2H3. The van der Waals surface area contributed by atoms with Crippen molar-refractivity contribution >= 4 is 29.0 Å². The number of hydrogen-bond donors (Lipinski definition) is 1. The molecule has 1 atom stereocenters. The van der Waals surface area contributed by atoms with Gasteiger partial charge in [-0.1, -0.05) is 35.3 Å². The second-order valence-electron chi connectivity index (χ2n) is 6.28. The zero-order valence-corrected chi connectivity index (χ0v) is 15.5. The number of allylic oxidation sites excluding steroid dienone is 3. The van der Waals surface area contributed by atoms with Crippen LogP contribution >= 0.6 is 23.2 Å². The molecular weight excluding hydrogens is 359 g/mol. The summed E-state index contributed by atoms with van der Waals surface area (Å²) >= 11 is 12.6. The van der Waals surface area contributed by atoms with Crippen LogP contribution in [-0.2, 0) is 4.79 Å². The lowest BCUT2D eigenvalue weighted by atomic mass is 9.76. The zero-order chi connectivity index (χ0) is 18.3. The van der Waals surface area contributed by atoms with Gasteiger partial charge in [-0.3, -0.25) is 9.80 Å². The number of hydrazine groups is 1. The Hall–Kier alpha value is -2.00. The van der Waals surface area contributed by atoms with Crippen molar-refractivity contribution in [1.29, 1.82) is 5.26 Å². The highest BCUT2D eigenvalue weighted by atomic mass is 35.5. The molecule has 0 spiro atoms. The zero-order valence-electron chi connectivity index (χ0n) is 14.0. The average molecular weight is 377 g/mol. The van der Waals surface area contributed by atoms with Crippen molar-refractivity contribution in [2.75, 3.05) is 14.1 Å². The first kappa shape index (κ1) is 17.8. The number of hydrogen-bond acceptors (Lipinski definition) is 5. The van der Waals surface area contributed by atoms with Crippen molar-refractivity contribution in [3.63, 3.8) is 0 Å². The molecule has 1 aliphatic carbocycles. The Morgan fingerprint density at radius 2 is 2.04 bits per heavy atom. The van der Waals surface area contributed by atoms with E-state index < -0.39 is 5.92 Å². The molecule has 0 fully saturated rings. The second kappa shape index (κ2) is 6.72. The van der Waals surface area contributed by atoms with Crippen LogP contribution in [0.4, 0.5) is 0 Å². The number of halogens is 2. The first-order valence-electron chi connectivity index (χ1n) is 7.95. The number of benzene rings is 1. The number of carbonyl (C=O) groups is 1. The summed E-state index contributed by atoms with van der Waals surface area (Å²) in [5.74, 6) is -0.244. The highest BCUT2D eigenvalue weighted by molar-refractivity contribution is 6.42. The van der Waals surface area contributed by atoms with E-state index >= 15 is 0 Å². The van der Waals surface area contributed by atoms with Gasteiger partial charge in [-0.15, -0.1) is 0 Å². The Morgan fingerprint density at radius 1 is 1.32 bits per heavy atom. The van der Waals surface area contributed by atoms with Gasteiger partial charge in [0.1, 0.15) is 5.82 Å². The minimum absolute atomic E-state index is 0.0226. The largest absolute Gasteiger partial charge is 0.383 e. The van der Waals surface area contributed by atoms with Gasteiger partial charge < -0.3 is 5.73 Å². The van der Waals surface area contributed by atoms with Crippen LogP contribution in [0.1, 0.15) is 30.7 Å². The first-order chi connectivity index (χ1) is 11.9. The maximum Gasteiger partial charge on any atom is 0.161 e. The molecule has 0 aromatic heterocycles. The molecule has 0 amide bonds. The highest BCUT2D eigenvalue weighted by Crippen LogP contribution is 2.47. The van der Waals surface area contributed by atoms with E-state index in [1.165, 1.54) is 0 Å². The molecule has 0 saturated heterocycles. The third kappa shape index (κ3) is 2.81. The topological polar surface area (TPSA) is 73.4 Å². The minimum atomic E-state index is -0.588. The predicted octanol–water partition coefficient (Wildman–Crippen LogP) is 3.57. The number of ketones is 1. The fourth-order valence-electron chi connectivity index (χ4n) is 3.58. The lowest BCUT2D eigenvalue weighted by molar-refractivity contribution is -0.116. The van der Waals surface area contributed by atoms with E-state index in [0.29, 0.717) is 45.4 Å². The molecule has 130 valence electrons. The van der Waals surface area contributed by atoms with E-state index in [4.69, 9.17) is 28.9 Å². The van der Waals surface area contributed by atoms with E-state index in [9.17, 15) is 10.1 Å². The maximum absolute atomic E-state index is 12.8. The van der Waals surface area contributed by atoms with Crippen molar-refractivity contribution in [2.24, 2.45) is 5.73 Å². The van der Waals surface area contributed by atoms with Crippen LogP contribution in [0, 0.1) is 11.3 Å². The third-order valence-corrected chi connectivity index (χ3v) is 5.41. The van der Waals surface area contributed by atoms with E-state index in [0.717, 1.165) is 12.1 Å². The molecule has 2 aliphatic rings. The van der Waals surface area contributed by atoms with E-state index in [1.54, 1.807) is 28.2 Å². The van der Waals surface area contributed by atoms with Crippen LogP contribution in [0.3, 0.4) is 0 Å². The second-order valence-corrected chi connectivity index (χ2v) is 7.07. The number of nitrogens with zero attached hydrogens (tertiary/aromatic N) is 3. The monoisotopic (exact) mass is 376 g/mol. The van der Waals surface area contributed by atoms with Gasteiger partial charge in [-0.05, 0) is 24.5 Å². The van der Waals surface area contributed by atoms with Crippen molar-refractivity contribution < 1.29 is 4.79 Å². The molecule has 7 heteroatoms. The fraction of sp³-hybridized carbons (Fsp3) is 0.333. The molecule has 0 radical (unpaired) electrons. The molecule has 0 saturated carbocycles. The summed E-state index contributed by atoms with van der Waals surface area (Å²) in [6.07, 6.45) is 1.92. The van der Waals surface area contributed by atoms with Gasteiger partial charge in [0, 0.05) is 31.8 Å². The summed E-state index contributed by atoms with van der Waals surface area (Å²) < 4.78 is 0. The molecule has 1 aromatic rings. The molecule has 1 aromatic carbocycles. The van der Waals surface area contributed by atoms with E-state index in [-0.39, 0.29) is 5.78 Å². The van der Waals surface area contributed by atoms with Gasteiger partial charge in [0.25, 0.3) is 0 Å². The summed E-state index contributed by atoms with van der Waals surface area (Å²) in [5.41, 5.74) is 8.69. The normalized spacial score (nSPS) is 20.9. The molecule has 5 nitrogen and oxygen atoms in total.